The molecule has 1 aromatic heterocycles. The Bertz CT molecular complexity index is 326. The lowest BCUT2D eigenvalue weighted by Gasteiger charge is -2.19. The molecule has 0 amide bonds. The van der Waals surface area contributed by atoms with Gasteiger partial charge < -0.3 is 5.32 Å². The van der Waals surface area contributed by atoms with Gasteiger partial charge in [-0.15, -0.1) is 0 Å². The number of pyridine rings is 1. The van der Waals surface area contributed by atoms with Crippen LogP contribution in [-0.2, 0) is 6.54 Å². The summed E-state index contributed by atoms with van der Waals surface area (Å²) in [5.41, 5.74) is 1.33. The second-order valence-corrected chi connectivity index (χ2v) is 5.17. The van der Waals surface area contributed by atoms with Crippen LogP contribution in [-0.4, -0.2) is 29.5 Å². The van der Waals surface area contributed by atoms with Crippen LogP contribution in [0, 0.1) is 0 Å². The zero-order valence-corrected chi connectivity index (χ0v) is 11.5. The van der Waals surface area contributed by atoms with Gasteiger partial charge in [-0.05, 0) is 44.0 Å². The molecule has 1 fully saturated rings. The quantitative estimate of drug-likeness (QED) is 0.865. The summed E-state index contributed by atoms with van der Waals surface area (Å²) in [6.07, 6.45) is 8.65. The summed E-state index contributed by atoms with van der Waals surface area (Å²) in [4.78, 5) is 7.03. The van der Waals surface area contributed by atoms with Crippen molar-refractivity contribution < 1.29 is 0 Å². The third kappa shape index (κ3) is 4.30. The summed E-state index contributed by atoms with van der Waals surface area (Å²) in [7, 11) is 0. The van der Waals surface area contributed by atoms with E-state index in [0.29, 0.717) is 0 Å². The number of hydrogen-bond donors (Lipinski definition) is 1. The molecule has 0 aromatic carbocycles. The van der Waals surface area contributed by atoms with Gasteiger partial charge in [-0.2, -0.15) is 0 Å². The van der Waals surface area contributed by atoms with Crippen LogP contribution in [0.2, 0.25) is 0 Å². The molecule has 0 saturated carbocycles. The molecule has 3 heteroatoms. The van der Waals surface area contributed by atoms with Crippen molar-refractivity contribution in [3.63, 3.8) is 0 Å². The zero-order valence-electron chi connectivity index (χ0n) is 11.5. The van der Waals surface area contributed by atoms with Gasteiger partial charge >= 0.3 is 0 Å². The molecule has 100 valence electrons. The van der Waals surface area contributed by atoms with Gasteiger partial charge in [0, 0.05) is 19.3 Å². The van der Waals surface area contributed by atoms with Crippen LogP contribution in [0.4, 0.5) is 5.82 Å². The highest BCUT2D eigenvalue weighted by Crippen LogP contribution is 2.13. The molecular formula is C15H25N3. The number of rotatable bonds is 5. The van der Waals surface area contributed by atoms with Crippen molar-refractivity contribution in [3.05, 3.63) is 23.9 Å². The Balaban J connectivity index is 1.84. The number of hydrogen-bond acceptors (Lipinski definition) is 3. The predicted octanol–water partition coefficient (Wildman–Crippen LogP) is 3.28. The molecule has 0 aliphatic carbocycles. The molecule has 1 aromatic rings. The van der Waals surface area contributed by atoms with Gasteiger partial charge in [-0.25, -0.2) is 4.98 Å². The molecule has 0 unspecified atom stereocenters. The average Bonchev–Trinajstić information content (AvgIpc) is 2.67. The number of nitrogens with one attached hydrogen (secondary N) is 1. The Morgan fingerprint density at radius 1 is 1.17 bits per heavy atom. The maximum absolute atomic E-state index is 4.47. The first-order chi connectivity index (χ1) is 8.88. The van der Waals surface area contributed by atoms with Crippen molar-refractivity contribution in [2.24, 2.45) is 0 Å². The Hall–Kier alpha value is -1.09. The second kappa shape index (κ2) is 7.37. The van der Waals surface area contributed by atoms with E-state index >= 15 is 0 Å². The van der Waals surface area contributed by atoms with Crippen LogP contribution >= 0.6 is 0 Å². The normalized spacial score (nSPS) is 17.4. The summed E-state index contributed by atoms with van der Waals surface area (Å²) < 4.78 is 0. The van der Waals surface area contributed by atoms with E-state index in [1.165, 1.54) is 44.3 Å². The Morgan fingerprint density at radius 2 is 1.94 bits per heavy atom. The van der Waals surface area contributed by atoms with E-state index in [1.807, 2.05) is 6.20 Å². The van der Waals surface area contributed by atoms with Gasteiger partial charge in [-0.1, -0.05) is 25.8 Å². The average molecular weight is 247 g/mol. The van der Waals surface area contributed by atoms with Gasteiger partial charge in [0.1, 0.15) is 5.82 Å². The van der Waals surface area contributed by atoms with Crippen LogP contribution < -0.4 is 5.32 Å². The fourth-order valence-corrected chi connectivity index (χ4v) is 2.43. The molecule has 0 radical (unpaired) electrons. The van der Waals surface area contributed by atoms with Crippen molar-refractivity contribution in [2.45, 2.75) is 45.6 Å². The van der Waals surface area contributed by atoms with Gasteiger partial charge in [0.2, 0.25) is 0 Å². The largest absolute Gasteiger partial charge is 0.370 e. The van der Waals surface area contributed by atoms with Crippen molar-refractivity contribution in [1.82, 2.24) is 9.88 Å². The van der Waals surface area contributed by atoms with E-state index in [0.717, 1.165) is 25.3 Å². The van der Waals surface area contributed by atoms with Crippen LogP contribution in [0.15, 0.2) is 18.3 Å². The minimum atomic E-state index is 0.997. The first kappa shape index (κ1) is 13.3. The van der Waals surface area contributed by atoms with Gasteiger partial charge in [0.15, 0.2) is 0 Å². The van der Waals surface area contributed by atoms with Gasteiger partial charge in [0.25, 0.3) is 0 Å². The van der Waals surface area contributed by atoms with E-state index in [2.05, 4.69) is 34.3 Å². The fraction of sp³-hybridized carbons (Fsp3) is 0.667. The first-order valence-corrected chi connectivity index (χ1v) is 7.29. The smallest absolute Gasteiger partial charge is 0.125 e. The first-order valence-electron chi connectivity index (χ1n) is 7.29. The third-order valence-corrected chi connectivity index (χ3v) is 3.49. The van der Waals surface area contributed by atoms with E-state index < -0.39 is 0 Å². The summed E-state index contributed by atoms with van der Waals surface area (Å²) in [6, 6.07) is 4.30. The molecule has 0 spiro atoms. The second-order valence-electron chi connectivity index (χ2n) is 5.17. The molecular weight excluding hydrogens is 222 g/mol. The number of anilines is 1. The molecule has 1 aliphatic rings. The van der Waals surface area contributed by atoms with E-state index in [9.17, 15) is 0 Å². The highest BCUT2D eigenvalue weighted by atomic mass is 15.1. The van der Waals surface area contributed by atoms with E-state index in [4.69, 9.17) is 0 Å². The monoisotopic (exact) mass is 247 g/mol. The van der Waals surface area contributed by atoms with Crippen molar-refractivity contribution in [3.8, 4) is 0 Å². The lowest BCUT2D eigenvalue weighted by molar-refractivity contribution is 0.276. The minimum Gasteiger partial charge on any atom is -0.370 e. The van der Waals surface area contributed by atoms with Crippen LogP contribution in [0.5, 0.6) is 0 Å². The highest BCUT2D eigenvalue weighted by Gasteiger charge is 2.09. The zero-order chi connectivity index (χ0) is 12.6. The third-order valence-electron chi connectivity index (χ3n) is 3.49. The Morgan fingerprint density at radius 3 is 2.56 bits per heavy atom. The highest BCUT2D eigenvalue weighted by molar-refractivity contribution is 5.35. The number of nitrogens with zero attached hydrogens (tertiary/aromatic N) is 2. The summed E-state index contributed by atoms with van der Waals surface area (Å²) in [5, 5.41) is 3.31. The summed E-state index contributed by atoms with van der Waals surface area (Å²) >= 11 is 0. The van der Waals surface area contributed by atoms with Crippen LogP contribution in [0.1, 0.15) is 44.6 Å². The van der Waals surface area contributed by atoms with Crippen molar-refractivity contribution in [1.29, 1.82) is 0 Å². The van der Waals surface area contributed by atoms with Crippen molar-refractivity contribution in [2.75, 3.05) is 25.0 Å². The molecule has 3 nitrogen and oxygen atoms in total. The van der Waals surface area contributed by atoms with Gasteiger partial charge in [0.05, 0.1) is 0 Å². The summed E-state index contributed by atoms with van der Waals surface area (Å²) in [6.45, 7) is 6.71. The topological polar surface area (TPSA) is 28.2 Å². The molecule has 2 heterocycles. The summed E-state index contributed by atoms with van der Waals surface area (Å²) in [5.74, 6) is 0.997. The van der Waals surface area contributed by atoms with Gasteiger partial charge in [-0.3, -0.25) is 4.90 Å². The standard InChI is InChI=1S/C15H25N3/c1-2-9-16-15-8-7-14(12-17-15)13-18-10-5-3-4-6-11-18/h7-8,12H,2-6,9-11,13H2,1H3,(H,16,17). The maximum Gasteiger partial charge on any atom is 0.125 e. The lowest BCUT2D eigenvalue weighted by Crippen LogP contribution is -2.24. The molecule has 2 rings (SSSR count). The molecule has 0 bridgehead atoms. The van der Waals surface area contributed by atoms with Crippen LogP contribution in [0.25, 0.3) is 0 Å². The molecule has 18 heavy (non-hydrogen) atoms. The molecule has 1 aliphatic heterocycles. The van der Waals surface area contributed by atoms with E-state index in [1.54, 1.807) is 0 Å². The molecule has 1 saturated heterocycles. The predicted molar refractivity (Wildman–Crippen MR) is 76.8 cm³/mol. The van der Waals surface area contributed by atoms with E-state index in [-0.39, 0.29) is 0 Å². The van der Waals surface area contributed by atoms with Crippen LogP contribution in [0.3, 0.4) is 0 Å². The Kier molecular flexibility index (Phi) is 5.46. The lowest BCUT2D eigenvalue weighted by atomic mass is 10.2. The molecule has 0 atom stereocenters. The number of likely N-dealkylation sites (tertiary alicyclic amines) is 1. The minimum absolute atomic E-state index is 0.997. The maximum atomic E-state index is 4.47. The van der Waals surface area contributed by atoms with Crippen molar-refractivity contribution >= 4 is 5.82 Å². The number of aromatic nitrogens is 1. The molecule has 1 N–H and O–H groups in total. The SMILES string of the molecule is CCCNc1ccc(CN2CCCCCC2)cn1. The fourth-order valence-electron chi connectivity index (χ4n) is 2.43. The Labute approximate surface area is 111 Å².